The van der Waals surface area contributed by atoms with Crippen molar-refractivity contribution in [3.05, 3.63) is 18.2 Å². The minimum Gasteiger partial charge on any atom is -0.398 e. The van der Waals surface area contributed by atoms with Crippen molar-refractivity contribution < 1.29 is 35.7 Å². The standard InChI is InChI=1S/C8H12NO8PS2/c9-7-5-6(20(15,16)17)1-2-8(7)19(13,14)4-3-18(10,11)12/h1-2,5H,3-4,9H2,(H2,10,11,12)(H,15,16,17). The number of anilines is 1. The topological polar surface area (TPSA) is 172 Å². The molecule has 0 saturated heterocycles. The first kappa shape index (κ1) is 17.1. The Morgan fingerprint density at radius 3 is 2.10 bits per heavy atom. The first-order chi connectivity index (χ1) is 8.83. The maximum atomic E-state index is 11.8. The largest absolute Gasteiger partial charge is 0.398 e. The Bertz CT molecular complexity index is 764. The van der Waals surface area contributed by atoms with Gasteiger partial charge in [-0.05, 0) is 18.2 Å². The van der Waals surface area contributed by atoms with Crippen molar-refractivity contribution in [2.24, 2.45) is 0 Å². The molecule has 0 atom stereocenters. The van der Waals surface area contributed by atoms with E-state index in [9.17, 15) is 21.4 Å². The second kappa shape index (κ2) is 5.43. The lowest BCUT2D eigenvalue weighted by atomic mass is 10.3. The van der Waals surface area contributed by atoms with Gasteiger partial charge in [-0.1, -0.05) is 0 Å². The fraction of sp³-hybridized carbons (Fsp3) is 0.250. The molecule has 0 fully saturated rings. The summed E-state index contributed by atoms with van der Waals surface area (Å²) < 4.78 is 64.8. The number of hydrogen-bond acceptors (Lipinski definition) is 6. The normalized spacial score (nSPS) is 13.3. The molecular weight excluding hydrogens is 333 g/mol. The molecule has 1 aromatic rings. The molecule has 0 aliphatic heterocycles. The van der Waals surface area contributed by atoms with Crippen LogP contribution in [-0.2, 0) is 24.5 Å². The summed E-state index contributed by atoms with van der Waals surface area (Å²) in [6.07, 6.45) is -0.880. The molecule has 20 heavy (non-hydrogen) atoms. The Balaban J connectivity index is 3.18. The summed E-state index contributed by atoms with van der Waals surface area (Å²) >= 11 is 0. The zero-order valence-electron chi connectivity index (χ0n) is 9.87. The molecule has 0 radical (unpaired) electrons. The van der Waals surface area contributed by atoms with Gasteiger partial charge < -0.3 is 15.5 Å². The summed E-state index contributed by atoms with van der Waals surface area (Å²) in [7, 11) is -13.1. The number of nitrogens with two attached hydrogens (primary N) is 1. The summed E-state index contributed by atoms with van der Waals surface area (Å²) in [6.45, 7) is 0. The van der Waals surface area contributed by atoms with E-state index in [1.165, 1.54) is 0 Å². The summed E-state index contributed by atoms with van der Waals surface area (Å²) in [5, 5.41) is 0. The van der Waals surface area contributed by atoms with Crippen LogP contribution in [0.15, 0.2) is 28.0 Å². The molecule has 12 heteroatoms. The third kappa shape index (κ3) is 4.54. The second-order valence-electron chi connectivity index (χ2n) is 3.88. The van der Waals surface area contributed by atoms with Gasteiger partial charge in [0.15, 0.2) is 9.84 Å². The van der Waals surface area contributed by atoms with E-state index < -0.39 is 54.9 Å². The van der Waals surface area contributed by atoms with E-state index in [1.807, 2.05) is 0 Å². The van der Waals surface area contributed by atoms with Crippen LogP contribution >= 0.6 is 7.60 Å². The molecule has 0 bridgehead atoms. The van der Waals surface area contributed by atoms with Crippen LogP contribution in [0, 0.1) is 0 Å². The molecule has 0 aliphatic carbocycles. The second-order valence-corrected chi connectivity index (χ2v) is 9.16. The smallest absolute Gasteiger partial charge is 0.326 e. The van der Waals surface area contributed by atoms with Crippen LogP contribution in [-0.4, -0.2) is 43.1 Å². The monoisotopic (exact) mass is 345 g/mol. The highest BCUT2D eigenvalue weighted by molar-refractivity contribution is 7.92. The number of sulfone groups is 1. The van der Waals surface area contributed by atoms with Gasteiger partial charge in [0.1, 0.15) is 0 Å². The zero-order chi connectivity index (χ0) is 15.8. The lowest BCUT2D eigenvalue weighted by Crippen LogP contribution is -2.13. The molecule has 9 nitrogen and oxygen atoms in total. The first-order valence-electron chi connectivity index (χ1n) is 4.97. The predicted molar refractivity (Wildman–Crippen MR) is 69.6 cm³/mol. The average molecular weight is 345 g/mol. The van der Waals surface area contributed by atoms with Crippen LogP contribution in [0.4, 0.5) is 5.69 Å². The molecule has 5 N–H and O–H groups in total. The van der Waals surface area contributed by atoms with Gasteiger partial charge in [-0.3, -0.25) is 9.12 Å². The molecule has 0 unspecified atom stereocenters. The maximum absolute atomic E-state index is 11.8. The molecule has 0 spiro atoms. The van der Waals surface area contributed by atoms with Crippen LogP contribution in [0.5, 0.6) is 0 Å². The summed E-state index contributed by atoms with van der Waals surface area (Å²) in [5.74, 6) is -0.841. The van der Waals surface area contributed by atoms with Gasteiger partial charge in [-0.2, -0.15) is 8.42 Å². The van der Waals surface area contributed by atoms with Gasteiger partial charge in [0.2, 0.25) is 0 Å². The van der Waals surface area contributed by atoms with E-state index in [2.05, 4.69) is 0 Å². The summed E-state index contributed by atoms with van der Waals surface area (Å²) in [5.41, 5.74) is 4.96. The maximum Gasteiger partial charge on any atom is 0.326 e. The summed E-state index contributed by atoms with van der Waals surface area (Å²) in [6, 6.07) is 2.43. The van der Waals surface area contributed by atoms with Crippen molar-refractivity contribution in [2.45, 2.75) is 9.79 Å². The fourth-order valence-corrected chi connectivity index (χ4v) is 4.66. The van der Waals surface area contributed by atoms with Crippen LogP contribution in [0.2, 0.25) is 0 Å². The van der Waals surface area contributed by atoms with Crippen molar-refractivity contribution >= 4 is 33.2 Å². The molecule has 114 valence electrons. The van der Waals surface area contributed by atoms with Crippen LogP contribution in [0.25, 0.3) is 0 Å². The lowest BCUT2D eigenvalue weighted by molar-refractivity contribution is 0.374. The third-order valence-corrected chi connectivity index (χ3v) is 6.01. The van der Waals surface area contributed by atoms with E-state index in [0.29, 0.717) is 0 Å². The van der Waals surface area contributed by atoms with Gasteiger partial charge in [-0.25, -0.2) is 8.42 Å². The molecule has 0 heterocycles. The van der Waals surface area contributed by atoms with E-state index in [4.69, 9.17) is 20.1 Å². The minimum atomic E-state index is -4.52. The molecule has 0 amide bonds. The Labute approximate surface area is 115 Å². The van der Waals surface area contributed by atoms with Crippen molar-refractivity contribution in [3.8, 4) is 0 Å². The van der Waals surface area contributed by atoms with E-state index in [0.717, 1.165) is 18.2 Å². The highest BCUT2D eigenvalue weighted by Gasteiger charge is 2.24. The van der Waals surface area contributed by atoms with E-state index in [1.54, 1.807) is 0 Å². The van der Waals surface area contributed by atoms with Crippen molar-refractivity contribution in [2.75, 3.05) is 17.6 Å². The van der Waals surface area contributed by atoms with Gasteiger partial charge in [0.05, 0.1) is 27.4 Å². The highest BCUT2D eigenvalue weighted by atomic mass is 32.2. The molecular formula is C8H12NO8PS2. The van der Waals surface area contributed by atoms with Gasteiger partial charge in [0, 0.05) is 0 Å². The molecule has 0 saturated carbocycles. The lowest BCUT2D eigenvalue weighted by Gasteiger charge is -2.09. The van der Waals surface area contributed by atoms with Crippen molar-refractivity contribution in [1.82, 2.24) is 0 Å². The zero-order valence-corrected chi connectivity index (χ0v) is 12.4. The molecule has 1 aromatic carbocycles. The van der Waals surface area contributed by atoms with E-state index >= 15 is 0 Å². The van der Waals surface area contributed by atoms with Crippen molar-refractivity contribution in [1.29, 1.82) is 0 Å². The van der Waals surface area contributed by atoms with E-state index in [-0.39, 0.29) is 0 Å². The van der Waals surface area contributed by atoms with Crippen LogP contribution < -0.4 is 5.73 Å². The van der Waals surface area contributed by atoms with Crippen molar-refractivity contribution in [3.63, 3.8) is 0 Å². The van der Waals surface area contributed by atoms with Gasteiger partial charge in [-0.15, -0.1) is 0 Å². The summed E-state index contributed by atoms with van der Waals surface area (Å²) in [4.78, 5) is 16.3. The quantitative estimate of drug-likeness (QED) is 0.311. The first-order valence-corrected chi connectivity index (χ1v) is 9.86. The van der Waals surface area contributed by atoms with Crippen LogP contribution in [0.3, 0.4) is 0 Å². The number of nitrogen functional groups attached to an aromatic ring is 1. The molecule has 0 aliphatic rings. The predicted octanol–water partition coefficient (Wildman–Crippen LogP) is -0.533. The molecule has 1 rings (SSSR count). The highest BCUT2D eigenvalue weighted by Crippen LogP contribution is 2.35. The average Bonchev–Trinajstić information content (AvgIpc) is 2.24. The minimum absolute atomic E-state index is 0.439. The molecule has 0 aromatic heterocycles. The van der Waals surface area contributed by atoms with Gasteiger partial charge >= 0.3 is 7.60 Å². The Kier molecular flexibility index (Phi) is 4.64. The third-order valence-electron chi connectivity index (χ3n) is 2.27. The number of benzene rings is 1. The van der Waals surface area contributed by atoms with Crippen LogP contribution in [0.1, 0.15) is 0 Å². The Morgan fingerprint density at radius 2 is 1.70 bits per heavy atom. The van der Waals surface area contributed by atoms with Gasteiger partial charge in [0.25, 0.3) is 10.1 Å². The SMILES string of the molecule is Nc1cc(S(=O)(=O)O)ccc1S(=O)(=O)CCP(=O)(O)O. The Hall–Kier alpha value is -0.970. The Morgan fingerprint density at radius 1 is 1.15 bits per heavy atom. The number of rotatable bonds is 5. The fourth-order valence-electron chi connectivity index (χ4n) is 1.32. The number of hydrogen-bond donors (Lipinski definition) is 4.